The summed E-state index contributed by atoms with van der Waals surface area (Å²) in [7, 11) is 1.67. The van der Waals surface area contributed by atoms with Crippen molar-refractivity contribution in [3.8, 4) is 11.4 Å². The van der Waals surface area contributed by atoms with Crippen LogP contribution in [0.25, 0.3) is 5.69 Å². The van der Waals surface area contributed by atoms with Crippen LogP contribution in [0.1, 0.15) is 22.5 Å². The molecule has 0 saturated carbocycles. The maximum Gasteiger partial charge on any atom is 0.144 e. The second-order valence-corrected chi connectivity index (χ2v) is 4.44. The van der Waals surface area contributed by atoms with Crippen LogP contribution in [-0.2, 0) is 6.54 Å². The number of ether oxygens (including phenoxy) is 1. The van der Waals surface area contributed by atoms with Gasteiger partial charge in [0.15, 0.2) is 0 Å². The SMILES string of the molecule is COc1ccc(C)cc1-n1nc(C)c(CN)c1C. The van der Waals surface area contributed by atoms with Gasteiger partial charge in [-0.15, -0.1) is 0 Å². The van der Waals surface area contributed by atoms with Crippen molar-refractivity contribution < 1.29 is 4.74 Å². The average molecular weight is 245 g/mol. The summed E-state index contributed by atoms with van der Waals surface area (Å²) in [5.41, 5.74) is 11.0. The Bertz CT molecular complexity index is 573. The van der Waals surface area contributed by atoms with Gasteiger partial charge in [-0.2, -0.15) is 5.10 Å². The summed E-state index contributed by atoms with van der Waals surface area (Å²) in [5.74, 6) is 0.815. The second-order valence-electron chi connectivity index (χ2n) is 4.44. The molecule has 1 heterocycles. The van der Waals surface area contributed by atoms with Gasteiger partial charge in [0.1, 0.15) is 11.4 Å². The maximum atomic E-state index is 5.76. The Kier molecular flexibility index (Phi) is 3.39. The van der Waals surface area contributed by atoms with Crippen LogP contribution >= 0.6 is 0 Å². The molecule has 1 aromatic heterocycles. The van der Waals surface area contributed by atoms with Gasteiger partial charge < -0.3 is 10.5 Å². The largest absolute Gasteiger partial charge is 0.494 e. The molecule has 0 aliphatic rings. The quantitative estimate of drug-likeness (QED) is 0.902. The summed E-state index contributed by atoms with van der Waals surface area (Å²) >= 11 is 0. The first-order valence-electron chi connectivity index (χ1n) is 5.98. The molecule has 18 heavy (non-hydrogen) atoms. The highest BCUT2D eigenvalue weighted by Crippen LogP contribution is 2.26. The number of methoxy groups -OCH3 is 1. The van der Waals surface area contributed by atoms with E-state index >= 15 is 0 Å². The second kappa shape index (κ2) is 4.82. The van der Waals surface area contributed by atoms with E-state index in [0.29, 0.717) is 6.54 Å². The first-order valence-corrected chi connectivity index (χ1v) is 5.98. The lowest BCUT2D eigenvalue weighted by atomic mass is 10.2. The Morgan fingerprint density at radius 3 is 2.56 bits per heavy atom. The van der Waals surface area contributed by atoms with Crippen LogP contribution in [0, 0.1) is 20.8 Å². The van der Waals surface area contributed by atoms with E-state index in [0.717, 1.165) is 28.4 Å². The van der Waals surface area contributed by atoms with E-state index in [1.807, 2.05) is 30.7 Å². The van der Waals surface area contributed by atoms with Gasteiger partial charge in [-0.25, -0.2) is 4.68 Å². The number of benzene rings is 1. The van der Waals surface area contributed by atoms with Crippen LogP contribution in [0.15, 0.2) is 18.2 Å². The number of aromatic nitrogens is 2. The Morgan fingerprint density at radius 1 is 1.28 bits per heavy atom. The monoisotopic (exact) mass is 245 g/mol. The zero-order chi connectivity index (χ0) is 13.3. The number of nitrogens with zero attached hydrogens (tertiary/aromatic N) is 2. The molecule has 2 N–H and O–H groups in total. The Morgan fingerprint density at radius 2 is 2.00 bits per heavy atom. The van der Waals surface area contributed by atoms with Crippen molar-refractivity contribution in [3.05, 3.63) is 40.7 Å². The third kappa shape index (κ3) is 1.99. The van der Waals surface area contributed by atoms with Crippen molar-refractivity contribution in [1.82, 2.24) is 9.78 Å². The summed E-state index contributed by atoms with van der Waals surface area (Å²) in [5, 5.41) is 4.56. The summed E-state index contributed by atoms with van der Waals surface area (Å²) in [6, 6.07) is 6.06. The molecule has 0 fully saturated rings. The molecule has 2 rings (SSSR count). The van der Waals surface area contributed by atoms with Crippen molar-refractivity contribution in [3.63, 3.8) is 0 Å². The normalized spacial score (nSPS) is 10.7. The first-order chi connectivity index (χ1) is 8.58. The zero-order valence-corrected chi connectivity index (χ0v) is 11.3. The highest BCUT2D eigenvalue weighted by molar-refractivity contribution is 5.50. The summed E-state index contributed by atoms with van der Waals surface area (Å²) < 4.78 is 7.31. The molecule has 0 unspecified atom stereocenters. The van der Waals surface area contributed by atoms with E-state index in [1.54, 1.807) is 7.11 Å². The van der Waals surface area contributed by atoms with Crippen LogP contribution in [-0.4, -0.2) is 16.9 Å². The molecule has 0 spiro atoms. The fourth-order valence-corrected chi connectivity index (χ4v) is 2.17. The van der Waals surface area contributed by atoms with E-state index in [4.69, 9.17) is 10.5 Å². The highest BCUT2D eigenvalue weighted by atomic mass is 16.5. The maximum absolute atomic E-state index is 5.76. The fourth-order valence-electron chi connectivity index (χ4n) is 2.17. The van der Waals surface area contributed by atoms with E-state index in [2.05, 4.69) is 18.1 Å². The molecular formula is C14H19N3O. The molecule has 0 aliphatic heterocycles. The van der Waals surface area contributed by atoms with Gasteiger partial charge in [0, 0.05) is 17.8 Å². The molecule has 0 saturated heterocycles. The molecule has 0 bridgehead atoms. The molecular weight excluding hydrogens is 226 g/mol. The van der Waals surface area contributed by atoms with Gasteiger partial charge in [-0.1, -0.05) is 6.07 Å². The minimum Gasteiger partial charge on any atom is -0.494 e. The van der Waals surface area contributed by atoms with Crippen molar-refractivity contribution in [1.29, 1.82) is 0 Å². The van der Waals surface area contributed by atoms with Crippen LogP contribution in [0.3, 0.4) is 0 Å². The predicted molar refractivity (Wildman–Crippen MR) is 72.2 cm³/mol. The molecule has 0 radical (unpaired) electrons. The first kappa shape index (κ1) is 12.6. The molecule has 96 valence electrons. The summed E-state index contributed by atoms with van der Waals surface area (Å²) in [6.45, 7) is 6.57. The number of nitrogens with two attached hydrogens (primary N) is 1. The minimum absolute atomic E-state index is 0.506. The van der Waals surface area contributed by atoms with Crippen LogP contribution in [0.5, 0.6) is 5.75 Å². The van der Waals surface area contributed by atoms with Crippen molar-refractivity contribution >= 4 is 0 Å². The van der Waals surface area contributed by atoms with Gasteiger partial charge in [0.2, 0.25) is 0 Å². The van der Waals surface area contributed by atoms with Gasteiger partial charge in [-0.05, 0) is 38.5 Å². The average Bonchev–Trinajstić information content (AvgIpc) is 2.64. The Balaban J connectivity index is 2.65. The predicted octanol–water partition coefficient (Wildman–Crippen LogP) is 2.26. The molecule has 4 heteroatoms. The van der Waals surface area contributed by atoms with E-state index in [9.17, 15) is 0 Å². The van der Waals surface area contributed by atoms with Gasteiger partial charge in [0.25, 0.3) is 0 Å². The van der Waals surface area contributed by atoms with Crippen LogP contribution < -0.4 is 10.5 Å². The van der Waals surface area contributed by atoms with Crippen LogP contribution in [0.4, 0.5) is 0 Å². The topological polar surface area (TPSA) is 53.1 Å². The number of hydrogen-bond donors (Lipinski definition) is 1. The molecule has 0 aliphatic carbocycles. The number of rotatable bonds is 3. The third-order valence-electron chi connectivity index (χ3n) is 3.21. The standard InChI is InChI=1S/C14H19N3O/c1-9-5-6-14(18-4)13(7-9)17-11(3)12(8-15)10(2)16-17/h5-7H,8,15H2,1-4H3. The lowest BCUT2D eigenvalue weighted by Crippen LogP contribution is -2.04. The van der Waals surface area contributed by atoms with E-state index < -0.39 is 0 Å². The molecule has 4 nitrogen and oxygen atoms in total. The third-order valence-corrected chi connectivity index (χ3v) is 3.21. The van der Waals surface area contributed by atoms with Crippen LogP contribution in [0.2, 0.25) is 0 Å². The van der Waals surface area contributed by atoms with E-state index in [-0.39, 0.29) is 0 Å². The lowest BCUT2D eigenvalue weighted by molar-refractivity contribution is 0.411. The summed E-state index contributed by atoms with van der Waals surface area (Å²) in [4.78, 5) is 0. The Hall–Kier alpha value is -1.81. The smallest absolute Gasteiger partial charge is 0.144 e. The lowest BCUT2D eigenvalue weighted by Gasteiger charge is -2.11. The van der Waals surface area contributed by atoms with Crippen molar-refractivity contribution in [2.45, 2.75) is 27.3 Å². The van der Waals surface area contributed by atoms with Crippen molar-refractivity contribution in [2.24, 2.45) is 5.73 Å². The van der Waals surface area contributed by atoms with Gasteiger partial charge >= 0.3 is 0 Å². The summed E-state index contributed by atoms with van der Waals surface area (Å²) in [6.07, 6.45) is 0. The number of hydrogen-bond acceptors (Lipinski definition) is 3. The molecule has 0 atom stereocenters. The van der Waals surface area contributed by atoms with Gasteiger partial charge in [0.05, 0.1) is 12.8 Å². The zero-order valence-electron chi connectivity index (χ0n) is 11.3. The van der Waals surface area contributed by atoms with Gasteiger partial charge in [-0.3, -0.25) is 0 Å². The minimum atomic E-state index is 0.506. The highest BCUT2D eigenvalue weighted by Gasteiger charge is 2.14. The molecule has 0 amide bonds. The van der Waals surface area contributed by atoms with Crippen molar-refractivity contribution in [2.75, 3.05) is 7.11 Å². The van der Waals surface area contributed by atoms with E-state index in [1.165, 1.54) is 5.56 Å². The molecule has 1 aromatic carbocycles. The number of aryl methyl sites for hydroxylation is 2. The molecule has 2 aromatic rings. The fraction of sp³-hybridized carbons (Fsp3) is 0.357. The Labute approximate surface area is 107 Å².